The number of hydrogen-bond donors (Lipinski definition) is 2. The molecule has 1 saturated heterocycles. The maximum Gasteiger partial charge on any atom is 0.391 e. The van der Waals surface area contributed by atoms with E-state index in [2.05, 4.69) is 5.32 Å². The van der Waals surface area contributed by atoms with Crippen molar-refractivity contribution in [2.24, 2.45) is 17.6 Å². The van der Waals surface area contributed by atoms with Gasteiger partial charge in [0.1, 0.15) is 5.54 Å². The molecule has 0 aromatic heterocycles. The summed E-state index contributed by atoms with van der Waals surface area (Å²) in [6.45, 7) is 2.16. The molecule has 0 spiro atoms. The predicted octanol–water partition coefficient (Wildman–Crippen LogP) is 1.23. The lowest BCUT2D eigenvalue weighted by Crippen LogP contribution is -2.67. The fourth-order valence-electron chi connectivity index (χ4n) is 3.13. The summed E-state index contributed by atoms with van der Waals surface area (Å²) < 4.78 is 37.4. The van der Waals surface area contributed by atoms with Gasteiger partial charge >= 0.3 is 12.2 Å². The highest BCUT2D eigenvalue weighted by atomic mass is 19.4. The van der Waals surface area contributed by atoms with E-state index >= 15 is 0 Å². The van der Waals surface area contributed by atoms with E-state index in [1.165, 1.54) is 4.90 Å². The zero-order valence-electron chi connectivity index (χ0n) is 11.2. The van der Waals surface area contributed by atoms with Crippen LogP contribution in [0.1, 0.15) is 26.2 Å². The maximum atomic E-state index is 12.5. The van der Waals surface area contributed by atoms with Crippen LogP contribution in [0.3, 0.4) is 0 Å². The van der Waals surface area contributed by atoms with Crippen LogP contribution in [-0.4, -0.2) is 41.6 Å². The minimum Gasteiger partial charge on any atom is -0.352 e. The molecule has 1 aliphatic heterocycles. The Hall–Kier alpha value is -1.47. The first-order valence-corrected chi connectivity index (χ1v) is 6.56. The molecule has 0 bridgehead atoms. The zero-order chi connectivity index (χ0) is 15.1. The van der Waals surface area contributed by atoms with Gasteiger partial charge in [0.15, 0.2) is 0 Å². The van der Waals surface area contributed by atoms with Crippen molar-refractivity contribution in [1.29, 1.82) is 0 Å². The molecule has 20 heavy (non-hydrogen) atoms. The number of piperazine rings is 1. The fourth-order valence-corrected chi connectivity index (χ4v) is 3.13. The number of alkyl halides is 3. The van der Waals surface area contributed by atoms with Crippen LogP contribution in [-0.2, 0) is 4.79 Å². The van der Waals surface area contributed by atoms with Gasteiger partial charge in [0.25, 0.3) is 0 Å². The lowest BCUT2D eigenvalue weighted by Gasteiger charge is -2.47. The summed E-state index contributed by atoms with van der Waals surface area (Å²) in [5.41, 5.74) is 4.12. The molecule has 2 fully saturated rings. The number of urea groups is 1. The third-order valence-corrected chi connectivity index (χ3v) is 4.36. The molecule has 3 amide bonds. The van der Waals surface area contributed by atoms with Crippen LogP contribution in [0, 0.1) is 11.8 Å². The number of carbonyl (C=O) groups is 2. The van der Waals surface area contributed by atoms with Crippen LogP contribution in [0.5, 0.6) is 0 Å². The molecule has 2 aliphatic rings. The summed E-state index contributed by atoms with van der Waals surface area (Å²) in [4.78, 5) is 24.7. The number of nitrogens with two attached hydrogens (primary N) is 1. The molecule has 114 valence electrons. The summed E-state index contributed by atoms with van der Waals surface area (Å²) >= 11 is 0. The number of primary amides is 1. The zero-order valence-corrected chi connectivity index (χ0v) is 11.2. The maximum absolute atomic E-state index is 12.5. The Kier molecular flexibility index (Phi) is 3.60. The van der Waals surface area contributed by atoms with E-state index in [4.69, 9.17) is 5.73 Å². The number of nitrogens with zero attached hydrogens (tertiary/aromatic N) is 1. The molecule has 1 atom stereocenters. The minimum absolute atomic E-state index is 0.0129. The van der Waals surface area contributed by atoms with E-state index < -0.39 is 23.7 Å². The molecule has 1 aliphatic carbocycles. The van der Waals surface area contributed by atoms with E-state index in [1.54, 1.807) is 6.92 Å². The smallest absolute Gasteiger partial charge is 0.352 e. The van der Waals surface area contributed by atoms with Crippen LogP contribution in [0.25, 0.3) is 0 Å². The molecule has 3 N–H and O–H groups in total. The molecule has 1 saturated carbocycles. The molecule has 0 aromatic carbocycles. The Balaban J connectivity index is 2.03. The molecular weight excluding hydrogens is 275 g/mol. The lowest BCUT2D eigenvalue weighted by molar-refractivity contribution is -0.207. The number of carbonyl (C=O) groups excluding carboxylic acids is 2. The van der Waals surface area contributed by atoms with Gasteiger partial charge in [0, 0.05) is 13.1 Å². The van der Waals surface area contributed by atoms with Gasteiger partial charge in [-0.1, -0.05) is 0 Å². The average Bonchev–Trinajstić information content (AvgIpc) is 2.25. The van der Waals surface area contributed by atoms with Gasteiger partial charge in [0.2, 0.25) is 5.91 Å². The largest absolute Gasteiger partial charge is 0.391 e. The van der Waals surface area contributed by atoms with E-state index in [9.17, 15) is 22.8 Å². The number of amides is 3. The van der Waals surface area contributed by atoms with Gasteiger partial charge in [-0.15, -0.1) is 0 Å². The van der Waals surface area contributed by atoms with Crippen LogP contribution in [0.4, 0.5) is 18.0 Å². The van der Waals surface area contributed by atoms with Crippen LogP contribution < -0.4 is 11.1 Å². The van der Waals surface area contributed by atoms with Crippen molar-refractivity contribution in [2.75, 3.05) is 13.1 Å². The summed E-state index contributed by atoms with van der Waals surface area (Å²) in [7, 11) is 0. The van der Waals surface area contributed by atoms with Gasteiger partial charge in [-0.05, 0) is 32.1 Å². The van der Waals surface area contributed by atoms with Crippen molar-refractivity contribution in [3.05, 3.63) is 0 Å². The highest BCUT2D eigenvalue weighted by Crippen LogP contribution is 2.48. The summed E-state index contributed by atoms with van der Waals surface area (Å²) in [6.07, 6.45) is -3.93. The van der Waals surface area contributed by atoms with Crippen molar-refractivity contribution in [1.82, 2.24) is 10.2 Å². The Labute approximate surface area is 114 Å². The van der Waals surface area contributed by atoms with Gasteiger partial charge in [-0.3, -0.25) is 4.79 Å². The summed E-state index contributed by atoms with van der Waals surface area (Å²) in [6, 6.07) is -0.714. The van der Waals surface area contributed by atoms with E-state index in [0.717, 1.165) is 0 Å². The minimum atomic E-state index is -4.17. The monoisotopic (exact) mass is 293 g/mol. The Morgan fingerprint density at radius 2 is 2.10 bits per heavy atom. The Bertz CT molecular complexity index is 421. The molecular formula is C12H18F3N3O2. The molecule has 0 aromatic rings. The molecule has 0 radical (unpaired) electrons. The summed E-state index contributed by atoms with van der Waals surface area (Å²) in [5, 5.41) is 2.64. The third-order valence-electron chi connectivity index (χ3n) is 4.36. The van der Waals surface area contributed by atoms with E-state index in [0.29, 0.717) is 6.54 Å². The van der Waals surface area contributed by atoms with E-state index in [-0.39, 0.29) is 37.6 Å². The molecule has 1 heterocycles. The van der Waals surface area contributed by atoms with Crippen LogP contribution in [0.2, 0.25) is 0 Å². The van der Waals surface area contributed by atoms with Gasteiger partial charge in [-0.2, -0.15) is 13.2 Å². The van der Waals surface area contributed by atoms with Gasteiger partial charge in [0.05, 0.1) is 5.92 Å². The second-order valence-corrected chi connectivity index (χ2v) is 5.80. The van der Waals surface area contributed by atoms with Crippen LogP contribution >= 0.6 is 0 Å². The Morgan fingerprint density at radius 3 is 2.60 bits per heavy atom. The standard InChI is InChI=1S/C12H18F3N3O2/c1-11(6-7-4-8(5-7)12(13,14)15)9(19)17-2-3-18(11)10(16)20/h7-8H,2-6H2,1H3,(H2,16,20)(H,17,19)/t7-,8-,11?. The van der Waals surface area contributed by atoms with Crippen molar-refractivity contribution in [3.8, 4) is 0 Å². The first-order chi connectivity index (χ1) is 9.14. The molecule has 2 rings (SSSR count). The normalized spacial score (nSPS) is 34.4. The average molecular weight is 293 g/mol. The molecule has 8 heteroatoms. The lowest BCUT2D eigenvalue weighted by atomic mass is 9.68. The number of nitrogens with one attached hydrogen (secondary N) is 1. The number of halogens is 3. The van der Waals surface area contributed by atoms with Gasteiger partial charge in [-0.25, -0.2) is 4.79 Å². The van der Waals surface area contributed by atoms with Gasteiger partial charge < -0.3 is 16.0 Å². The number of hydrogen-bond acceptors (Lipinski definition) is 2. The second-order valence-electron chi connectivity index (χ2n) is 5.80. The van der Waals surface area contributed by atoms with Crippen molar-refractivity contribution >= 4 is 11.9 Å². The molecule has 5 nitrogen and oxygen atoms in total. The number of rotatable bonds is 2. The first kappa shape index (κ1) is 14.9. The fraction of sp³-hybridized carbons (Fsp3) is 0.833. The second kappa shape index (κ2) is 4.82. The topological polar surface area (TPSA) is 75.4 Å². The third kappa shape index (κ3) is 2.55. The summed E-state index contributed by atoms with van der Waals surface area (Å²) in [5.74, 6) is -1.85. The molecule has 1 unspecified atom stereocenters. The first-order valence-electron chi connectivity index (χ1n) is 6.56. The van der Waals surface area contributed by atoms with Crippen molar-refractivity contribution in [2.45, 2.75) is 37.9 Å². The Morgan fingerprint density at radius 1 is 1.50 bits per heavy atom. The quantitative estimate of drug-likeness (QED) is 0.803. The van der Waals surface area contributed by atoms with E-state index in [1.807, 2.05) is 0 Å². The highest BCUT2D eigenvalue weighted by Gasteiger charge is 2.52. The predicted molar refractivity (Wildman–Crippen MR) is 64.6 cm³/mol. The highest BCUT2D eigenvalue weighted by molar-refractivity contribution is 5.91. The van der Waals surface area contributed by atoms with Crippen molar-refractivity contribution < 1.29 is 22.8 Å². The van der Waals surface area contributed by atoms with Crippen LogP contribution in [0.15, 0.2) is 0 Å². The van der Waals surface area contributed by atoms with Crippen molar-refractivity contribution in [3.63, 3.8) is 0 Å². The SMILES string of the molecule is CC1(C[C@H]2C[C@H](C(F)(F)F)C2)C(=O)NCCN1C(N)=O.